The normalized spacial score (nSPS) is 12.7. The second-order valence-electron chi connectivity index (χ2n) is 5.73. The molecule has 7 nitrogen and oxygen atoms in total. The summed E-state index contributed by atoms with van der Waals surface area (Å²) < 4.78 is 33.0. The summed E-state index contributed by atoms with van der Waals surface area (Å²) >= 11 is 6.75. The molecule has 0 saturated carbocycles. The van der Waals surface area contributed by atoms with Crippen molar-refractivity contribution >= 4 is 44.7 Å². The van der Waals surface area contributed by atoms with Gasteiger partial charge in [-0.05, 0) is 31.0 Å². The Morgan fingerprint density at radius 2 is 2.00 bits per heavy atom. The zero-order valence-corrected chi connectivity index (χ0v) is 16.6. The van der Waals surface area contributed by atoms with Gasteiger partial charge in [-0.25, -0.2) is 8.42 Å². The third-order valence-electron chi connectivity index (χ3n) is 3.59. The quantitative estimate of drug-likeness (QED) is 0.605. The monoisotopic (exact) mass is 425 g/mol. The SMILES string of the molecule is Cc1cc(NC(=O)[C@H](Cc2ccccc2)NS(=O)(=O)c2ccc(Cl)s2)no1. The van der Waals surface area contributed by atoms with Crippen molar-refractivity contribution in [1.82, 2.24) is 9.88 Å². The highest BCUT2D eigenvalue weighted by Crippen LogP contribution is 2.25. The first-order valence-electron chi connectivity index (χ1n) is 7.89. The first-order valence-corrected chi connectivity index (χ1v) is 10.6. The number of carbonyl (C=O) groups excluding carboxylic acids is 1. The van der Waals surface area contributed by atoms with Crippen molar-refractivity contribution in [3.05, 3.63) is 64.2 Å². The van der Waals surface area contributed by atoms with Gasteiger partial charge in [-0.15, -0.1) is 11.3 Å². The van der Waals surface area contributed by atoms with E-state index in [1.165, 1.54) is 12.1 Å². The van der Waals surface area contributed by atoms with Gasteiger partial charge in [0.1, 0.15) is 16.0 Å². The van der Waals surface area contributed by atoms with Gasteiger partial charge < -0.3 is 9.84 Å². The number of carbonyl (C=O) groups is 1. The maximum atomic E-state index is 12.7. The average Bonchev–Trinajstić information content (AvgIpc) is 3.24. The average molecular weight is 426 g/mol. The lowest BCUT2D eigenvalue weighted by molar-refractivity contribution is -0.117. The number of halogens is 1. The van der Waals surface area contributed by atoms with Crippen molar-refractivity contribution < 1.29 is 17.7 Å². The van der Waals surface area contributed by atoms with Crippen LogP contribution in [0.2, 0.25) is 4.34 Å². The van der Waals surface area contributed by atoms with Crippen LogP contribution in [0.1, 0.15) is 11.3 Å². The molecule has 2 heterocycles. The van der Waals surface area contributed by atoms with E-state index in [4.69, 9.17) is 16.1 Å². The van der Waals surface area contributed by atoms with Crippen LogP contribution in [0.3, 0.4) is 0 Å². The minimum absolute atomic E-state index is 0.0376. The summed E-state index contributed by atoms with van der Waals surface area (Å²) in [5, 5.41) is 6.27. The molecule has 1 amide bonds. The predicted octanol–water partition coefficient (Wildman–Crippen LogP) is 3.23. The minimum atomic E-state index is -3.91. The van der Waals surface area contributed by atoms with Crippen LogP contribution in [0.4, 0.5) is 5.82 Å². The van der Waals surface area contributed by atoms with Crippen LogP contribution in [0.5, 0.6) is 0 Å². The third-order valence-corrected chi connectivity index (χ3v) is 6.78. The van der Waals surface area contributed by atoms with Crippen LogP contribution in [0.25, 0.3) is 0 Å². The number of benzene rings is 1. The zero-order chi connectivity index (χ0) is 19.4. The summed E-state index contributed by atoms with van der Waals surface area (Å²) in [6.45, 7) is 1.69. The molecule has 1 aromatic carbocycles. The van der Waals surface area contributed by atoms with Gasteiger partial charge in [0.2, 0.25) is 5.91 Å². The lowest BCUT2D eigenvalue weighted by Gasteiger charge is -2.17. The number of sulfonamides is 1. The Hall–Kier alpha value is -2.20. The van der Waals surface area contributed by atoms with E-state index in [9.17, 15) is 13.2 Å². The van der Waals surface area contributed by atoms with Crippen molar-refractivity contribution in [1.29, 1.82) is 0 Å². The molecule has 2 aromatic heterocycles. The van der Waals surface area contributed by atoms with E-state index < -0.39 is 22.0 Å². The molecule has 0 bridgehead atoms. The van der Waals surface area contributed by atoms with E-state index in [2.05, 4.69) is 15.2 Å². The molecule has 27 heavy (non-hydrogen) atoms. The van der Waals surface area contributed by atoms with Crippen molar-refractivity contribution in [3.63, 3.8) is 0 Å². The number of aryl methyl sites for hydroxylation is 1. The van der Waals surface area contributed by atoms with E-state index in [0.717, 1.165) is 16.9 Å². The largest absolute Gasteiger partial charge is 0.360 e. The number of anilines is 1. The van der Waals surface area contributed by atoms with Crippen molar-refractivity contribution in [3.8, 4) is 0 Å². The predicted molar refractivity (Wildman–Crippen MR) is 103 cm³/mol. The molecule has 10 heteroatoms. The van der Waals surface area contributed by atoms with Crippen molar-refractivity contribution in [2.75, 3.05) is 5.32 Å². The molecule has 0 spiro atoms. The molecule has 142 valence electrons. The van der Waals surface area contributed by atoms with Crippen LogP contribution in [0.15, 0.2) is 57.3 Å². The summed E-state index contributed by atoms with van der Waals surface area (Å²) in [6.07, 6.45) is 0.168. The maximum Gasteiger partial charge on any atom is 0.250 e. The Kier molecular flexibility index (Phi) is 5.95. The van der Waals surface area contributed by atoms with Crippen molar-refractivity contribution in [2.24, 2.45) is 0 Å². The van der Waals surface area contributed by atoms with Gasteiger partial charge in [0.05, 0.1) is 4.34 Å². The Balaban J connectivity index is 1.83. The number of nitrogens with one attached hydrogen (secondary N) is 2. The van der Waals surface area contributed by atoms with Crippen LogP contribution >= 0.6 is 22.9 Å². The lowest BCUT2D eigenvalue weighted by Crippen LogP contribution is -2.45. The Morgan fingerprint density at radius 3 is 2.59 bits per heavy atom. The molecule has 0 aliphatic rings. The lowest BCUT2D eigenvalue weighted by atomic mass is 10.1. The summed E-state index contributed by atoms with van der Waals surface area (Å²) in [6, 6.07) is 12.5. The molecule has 0 radical (unpaired) electrons. The first kappa shape index (κ1) is 19.6. The molecule has 0 aliphatic carbocycles. The summed E-state index contributed by atoms with van der Waals surface area (Å²) in [5.74, 6) is 0.200. The van der Waals surface area contributed by atoms with Gasteiger partial charge in [-0.2, -0.15) is 4.72 Å². The Labute approximate surface area is 165 Å². The fourth-order valence-electron chi connectivity index (χ4n) is 2.36. The second-order valence-corrected chi connectivity index (χ2v) is 9.39. The van der Waals surface area contributed by atoms with E-state index in [0.29, 0.717) is 10.1 Å². The number of amides is 1. The molecular weight excluding hydrogens is 410 g/mol. The van der Waals surface area contributed by atoms with Gasteiger partial charge in [-0.3, -0.25) is 4.79 Å². The van der Waals surface area contributed by atoms with E-state index >= 15 is 0 Å². The summed E-state index contributed by atoms with van der Waals surface area (Å²) in [4.78, 5) is 12.7. The van der Waals surface area contributed by atoms with Gasteiger partial charge in [0, 0.05) is 6.07 Å². The molecular formula is C17H16ClN3O4S2. The third kappa shape index (κ3) is 5.16. The topological polar surface area (TPSA) is 101 Å². The van der Waals surface area contributed by atoms with Gasteiger partial charge in [0.15, 0.2) is 5.82 Å². The molecule has 1 atom stereocenters. The molecule has 3 rings (SSSR count). The second kappa shape index (κ2) is 8.22. The van der Waals surface area contributed by atoms with Crippen LogP contribution in [-0.2, 0) is 21.2 Å². The van der Waals surface area contributed by atoms with Crippen LogP contribution in [-0.4, -0.2) is 25.5 Å². The smallest absolute Gasteiger partial charge is 0.250 e. The number of rotatable bonds is 7. The number of thiophene rings is 1. The molecule has 3 aromatic rings. The number of nitrogens with zero attached hydrogens (tertiary/aromatic N) is 1. The van der Waals surface area contributed by atoms with Crippen LogP contribution in [0, 0.1) is 6.92 Å². The molecule has 2 N–H and O–H groups in total. The molecule has 0 aliphatic heterocycles. The highest BCUT2D eigenvalue weighted by Gasteiger charge is 2.27. The van der Waals surface area contributed by atoms with E-state index in [1.807, 2.05) is 30.3 Å². The standard InChI is InChI=1S/C17H16ClN3O4S2/c1-11-9-15(20-25-11)19-17(22)13(10-12-5-3-2-4-6-12)21-27(23,24)16-8-7-14(18)26-16/h2-9,13,21H,10H2,1H3,(H,19,20,22)/t13-/m0/s1. The van der Waals surface area contributed by atoms with E-state index in [1.54, 1.807) is 13.0 Å². The number of hydrogen-bond acceptors (Lipinski definition) is 6. The van der Waals surface area contributed by atoms with Gasteiger partial charge >= 0.3 is 0 Å². The van der Waals surface area contributed by atoms with Crippen LogP contribution < -0.4 is 10.0 Å². The maximum absolute atomic E-state index is 12.7. The molecule has 0 fully saturated rings. The van der Waals surface area contributed by atoms with Gasteiger partial charge in [-0.1, -0.05) is 47.1 Å². The summed E-state index contributed by atoms with van der Waals surface area (Å²) in [7, 11) is -3.91. The summed E-state index contributed by atoms with van der Waals surface area (Å²) in [5.41, 5.74) is 0.806. The highest BCUT2D eigenvalue weighted by atomic mass is 35.5. The van der Waals surface area contributed by atoms with Gasteiger partial charge in [0.25, 0.3) is 10.0 Å². The Bertz CT molecular complexity index is 1030. The first-order chi connectivity index (χ1) is 12.8. The molecule has 0 unspecified atom stereocenters. The molecule has 0 saturated heterocycles. The fraction of sp³-hybridized carbons (Fsp3) is 0.176. The van der Waals surface area contributed by atoms with E-state index in [-0.39, 0.29) is 16.4 Å². The Morgan fingerprint density at radius 1 is 1.26 bits per heavy atom. The highest BCUT2D eigenvalue weighted by molar-refractivity contribution is 7.91. The van der Waals surface area contributed by atoms with Crippen molar-refractivity contribution in [2.45, 2.75) is 23.6 Å². The zero-order valence-electron chi connectivity index (χ0n) is 14.2. The number of hydrogen-bond donors (Lipinski definition) is 2. The number of aromatic nitrogens is 1. The fourth-order valence-corrected chi connectivity index (χ4v) is 5.06. The minimum Gasteiger partial charge on any atom is -0.360 e.